The Morgan fingerprint density at radius 1 is 0.712 bits per heavy atom. The van der Waals surface area contributed by atoms with Crippen LogP contribution in [0.3, 0.4) is 0 Å². The zero-order valence-corrected chi connectivity index (χ0v) is 33.2. The Morgan fingerprint density at radius 2 is 1.22 bits per heavy atom. The number of ether oxygens (including phenoxy) is 2. The smallest absolute Gasteiger partial charge is 0.356 e. The number of pyridine rings is 2. The summed E-state index contributed by atoms with van der Waals surface area (Å²) in [5, 5.41) is 10.2. The van der Waals surface area contributed by atoms with Crippen molar-refractivity contribution in [1.29, 1.82) is 0 Å². The number of rotatable bonds is 9. The van der Waals surface area contributed by atoms with E-state index in [4.69, 9.17) is 21.1 Å². The molecule has 2 amide bonds. The lowest BCUT2D eigenvalue weighted by Gasteiger charge is -2.26. The summed E-state index contributed by atoms with van der Waals surface area (Å²) in [5.74, 6) is -1.11. The van der Waals surface area contributed by atoms with Crippen LogP contribution in [-0.4, -0.2) is 101 Å². The fraction of sp³-hybridized carbons (Fsp3) is 0.286. The van der Waals surface area contributed by atoms with Crippen LogP contribution in [0.1, 0.15) is 43.2 Å². The summed E-state index contributed by atoms with van der Waals surface area (Å²) < 4.78 is 39.7. The molecule has 0 radical (unpaired) electrons. The molecule has 0 atom stereocenters. The molecule has 2 aromatic carbocycles. The van der Waals surface area contributed by atoms with Gasteiger partial charge >= 0.3 is 11.9 Å². The Labute approximate surface area is 343 Å². The summed E-state index contributed by atoms with van der Waals surface area (Å²) in [6, 6.07) is 16.1. The first-order valence-corrected chi connectivity index (χ1v) is 19.2. The predicted octanol–water partition coefficient (Wildman–Crippen LogP) is 4.40. The number of halogens is 3. The summed E-state index contributed by atoms with van der Waals surface area (Å²) in [6.07, 6.45) is 7.20. The summed E-state index contributed by atoms with van der Waals surface area (Å²) in [4.78, 5) is 56.0. The number of carbonyl (C=O) groups is 4. The van der Waals surface area contributed by atoms with Crippen LogP contribution in [-0.2, 0) is 44.6 Å². The van der Waals surface area contributed by atoms with E-state index < -0.39 is 11.9 Å². The van der Waals surface area contributed by atoms with Gasteiger partial charge in [0, 0.05) is 74.9 Å². The fourth-order valence-electron chi connectivity index (χ4n) is 6.64. The van der Waals surface area contributed by atoms with Crippen LogP contribution in [0.5, 0.6) is 0 Å². The van der Waals surface area contributed by atoms with Gasteiger partial charge in [0.15, 0.2) is 0 Å². The molecule has 0 aliphatic carbocycles. The van der Waals surface area contributed by atoms with Gasteiger partial charge < -0.3 is 34.6 Å². The second-order valence-corrected chi connectivity index (χ2v) is 14.0. The number of piperazine rings is 2. The molecule has 2 saturated heterocycles. The zero-order chi connectivity index (χ0) is 41.9. The summed E-state index contributed by atoms with van der Waals surface area (Å²) >= 11 is 6.01. The number of nitrogens with one attached hydrogen (secondary N) is 3. The Morgan fingerprint density at radius 3 is 1.66 bits per heavy atom. The minimum Gasteiger partial charge on any atom is -0.464 e. The maximum atomic E-state index is 13.2. The lowest BCUT2D eigenvalue weighted by Crippen LogP contribution is -2.47. The molecule has 0 saturated carbocycles. The van der Waals surface area contributed by atoms with Crippen LogP contribution in [0.25, 0.3) is 21.8 Å². The predicted molar refractivity (Wildman–Crippen MR) is 217 cm³/mol. The second kappa shape index (κ2) is 20.0. The molecule has 17 heteroatoms. The number of benzene rings is 2. The molecule has 3 N–H and O–H groups in total. The molecule has 59 heavy (non-hydrogen) atoms. The van der Waals surface area contributed by atoms with Crippen LogP contribution >= 0.6 is 11.6 Å². The first-order chi connectivity index (χ1) is 28.5. The van der Waals surface area contributed by atoms with Crippen molar-refractivity contribution in [3.8, 4) is 0 Å². The number of aromatic nitrogens is 4. The van der Waals surface area contributed by atoms with Gasteiger partial charge in [-0.25, -0.2) is 28.3 Å². The molecule has 6 aromatic rings. The van der Waals surface area contributed by atoms with Gasteiger partial charge in [-0.3, -0.25) is 14.5 Å². The number of alkyl halides is 1. The molecule has 8 rings (SSSR count). The molecule has 0 spiro atoms. The topological polar surface area (TPSA) is 162 Å². The van der Waals surface area contributed by atoms with Crippen LogP contribution in [0.2, 0.25) is 0 Å². The van der Waals surface area contributed by atoms with Crippen LogP contribution in [0.4, 0.5) is 8.78 Å². The summed E-state index contributed by atoms with van der Waals surface area (Å²) in [7, 11) is 2.64. The highest BCUT2D eigenvalue weighted by Crippen LogP contribution is 2.26. The molecular weight excluding hydrogens is 786 g/mol. The number of esters is 2. The third-order valence-electron chi connectivity index (χ3n) is 9.59. The SMILES string of the molecule is COC(=O)c1cc2c(CCl)cn(Cc3ccc(F)cc3)c2cn1.COC(=O)c1cc2c(CN3CCNC(=O)C3)cn(Cc3ccc(F)cc3)c2cn1.O=C1CNCCN1. The number of fused-ring (bicyclic) bond motifs is 2. The molecule has 308 valence electrons. The number of methoxy groups -OCH3 is 2. The van der Waals surface area contributed by atoms with Crippen LogP contribution in [0, 0.1) is 11.6 Å². The molecule has 2 aliphatic rings. The number of hydrogen-bond donors (Lipinski definition) is 3. The average Bonchev–Trinajstić information content (AvgIpc) is 3.78. The highest BCUT2D eigenvalue weighted by molar-refractivity contribution is 6.18. The van der Waals surface area contributed by atoms with E-state index in [-0.39, 0.29) is 34.8 Å². The Bertz CT molecular complexity index is 2430. The van der Waals surface area contributed by atoms with Crippen molar-refractivity contribution >= 4 is 57.2 Å². The van der Waals surface area contributed by atoms with Gasteiger partial charge in [0.1, 0.15) is 23.0 Å². The summed E-state index contributed by atoms with van der Waals surface area (Å²) in [5.41, 5.74) is 5.99. The lowest BCUT2D eigenvalue weighted by atomic mass is 10.1. The van der Waals surface area contributed by atoms with E-state index in [0.29, 0.717) is 45.1 Å². The van der Waals surface area contributed by atoms with Gasteiger partial charge in [-0.1, -0.05) is 24.3 Å². The highest BCUT2D eigenvalue weighted by atomic mass is 35.5. The highest BCUT2D eigenvalue weighted by Gasteiger charge is 2.20. The van der Waals surface area contributed by atoms with E-state index in [1.165, 1.54) is 38.5 Å². The van der Waals surface area contributed by atoms with E-state index in [2.05, 4.69) is 30.8 Å². The fourth-order valence-corrected chi connectivity index (χ4v) is 6.86. The summed E-state index contributed by atoms with van der Waals surface area (Å²) in [6.45, 7) is 5.55. The van der Waals surface area contributed by atoms with E-state index in [0.717, 1.165) is 63.7 Å². The molecule has 2 aliphatic heterocycles. The molecule has 14 nitrogen and oxygen atoms in total. The van der Waals surface area contributed by atoms with Gasteiger partial charge in [0.2, 0.25) is 11.8 Å². The average molecular weight is 829 g/mol. The van der Waals surface area contributed by atoms with Crippen molar-refractivity contribution < 1.29 is 37.4 Å². The van der Waals surface area contributed by atoms with E-state index in [1.807, 2.05) is 21.5 Å². The monoisotopic (exact) mass is 828 g/mol. The van der Waals surface area contributed by atoms with Gasteiger partial charge in [-0.15, -0.1) is 11.6 Å². The maximum Gasteiger partial charge on any atom is 0.356 e. The Hall–Kier alpha value is -6.23. The van der Waals surface area contributed by atoms with Gasteiger partial charge in [0.25, 0.3) is 0 Å². The van der Waals surface area contributed by atoms with Crippen molar-refractivity contribution in [3.63, 3.8) is 0 Å². The minimum absolute atomic E-state index is 0.00298. The number of hydrogen-bond acceptors (Lipinski definition) is 10. The number of amides is 2. The third kappa shape index (κ3) is 11.0. The number of nitrogens with zero attached hydrogens (tertiary/aromatic N) is 5. The minimum atomic E-state index is -0.499. The molecule has 0 unspecified atom stereocenters. The molecular formula is C42H43ClF2N8O6. The standard InChI is InChI=1S/C21H21FN4O3.C17H14ClFN2O2.C4H8N2O/c1-29-21(28)18-8-17-15(11-25-7-6-23-20(27)13-25)12-26(19(17)9-24-18)10-14-2-4-16(22)5-3-14;1-23-17(22)15-6-14-12(7-18)10-21(16(14)8-20-15)9-11-2-4-13(19)5-3-11;7-4-3-5-1-2-6-4/h2-5,8-9,12H,6-7,10-11,13H2,1H3,(H,23,27);2-6,8,10H,7,9H2,1H3;5H,1-3H2,(H,6,7). The van der Waals surface area contributed by atoms with Crippen LogP contribution < -0.4 is 16.0 Å². The maximum absolute atomic E-state index is 13.2. The molecule has 2 fully saturated rings. The Kier molecular flexibility index (Phi) is 14.3. The van der Waals surface area contributed by atoms with Gasteiger partial charge in [-0.2, -0.15) is 0 Å². The van der Waals surface area contributed by atoms with Crippen molar-refractivity contribution in [3.05, 3.63) is 131 Å². The van der Waals surface area contributed by atoms with Crippen molar-refractivity contribution in [2.45, 2.75) is 25.5 Å². The van der Waals surface area contributed by atoms with Crippen LogP contribution in [0.15, 0.2) is 85.5 Å². The largest absolute Gasteiger partial charge is 0.464 e. The lowest BCUT2D eigenvalue weighted by molar-refractivity contribution is -0.124. The molecule has 4 aromatic heterocycles. The first kappa shape index (κ1) is 42.4. The normalized spacial score (nSPS) is 14.1. The van der Waals surface area contributed by atoms with E-state index >= 15 is 0 Å². The zero-order valence-electron chi connectivity index (χ0n) is 32.5. The first-order valence-electron chi connectivity index (χ1n) is 18.7. The van der Waals surface area contributed by atoms with Crippen molar-refractivity contribution in [2.24, 2.45) is 0 Å². The van der Waals surface area contributed by atoms with Gasteiger partial charge in [-0.05, 0) is 58.7 Å². The van der Waals surface area contributed by atoms with Gasteiger partial charge in [0.05, 0.1) is 50.7 Å². The molecule has 6 heterocycles. The quantitative estimate of drug-likeness (QED) is 0.141. The molecule has 0 bridgehead atoms. The Balaban J connectivity index is 0.000000173. The third-order valence-corrected chi connectivity index (χ3v) is 9.87. The number of carbonyl (C=O) groups excluding carboxylic acids is 4. The van der Waals surface area contributed by atoms with E-state index in [9.17, 15) is 28.0 Å². The van der Waals surface area contributed by atoms with Crippen molar-refractivity contribution in [1.82, 2.24) is 40.0 Å². The second-order valence-electron chi connectivity index (χ2n) is 13.7. The van der Waals surface area contributed by atoms with Crippen molar-refractivity contribution in [2.75, 3.05) is 53.5 Å². The van der Waals surface area contributed by atoms with E-state index in [1.54, 1.807) is 48.8 Å².